The molecule has 4 nitrogen and oxygen atoms in total. The molecule has 0 unspecified atom stereocenters. The fourth-order valence-electron chi connectivity index (χ4n) is 3.10. The van der Waals surface area contributed by atoms with Gasteiger partial charge in [0.2, 0.25) is 5.91 Å². The topological polar surface area (TPSA) is 44.4 Å². The zero-order valence-electron chi connectivity index (χ0n) is 14.9. The zero-order chi connectivity index (χ0) is 18.3. The van der Waals surface area contributed by atoms with E-state index in [1.165, 1.54) is 18.6 Å². The van der Waals surface area contributed by atoms with E-state index in [0.29, 0.717) is 6.54 Å². The van der Waals surface area contributed by atoms with Crippen LogP contribution in [0.3, 0.4) is 0 Å². The Balaban J connectivity index is 0.00000338. The maximum absolute atomic E-state index is 12.7. The number of hydrogen-bond donors (Lipinski definition) is 2. The van der Waals surface area contributed by atoms with Crippen LogP contribution >= 0.6 is 12.4 Å². The Morgan fingerprint density at radius 1 is 1.27 bits per heavy atom. The molecule has 2 N–H and O–H groups in total. The van der Waals surface area contributed by atoms with Crippen LogP contribution in [0.4, 0.5) is 18.9 Å². The molecule has 1 amide bonds. The van der Waals surface area contributed by atoms with E-state index in [9.17, 15) is 18.0 Å². The van der Waals surface area contributed by atoms with Crippen molar-refractivity contribution in [1.82, 2.24) is 10.2 Å². The largest absolute Gasteiger partial charge is 0.416 e. The first kappa shape index (κ1) is 22.7. The number of nitrogens with zero attached hydrogens (tertiary/aromatic N) is 1. The van der Waals surface area contributed by atoms with Crippen LogP contribution in [0.15, 0.2) is 24.3 Å². The van der Waals surface area contributed by atoms with Gasteiger partial charge >= 0.3 is 6.18 Å². The lowest BCUT2D eigenvalue weighted by Crippen LogP contribution is -2.36. The van der Waals surface area contributed by atoms with Gasteiger partial charge in [-0.25, -0.2) is 0 Å². The van der Waals surface area contributed by atoms with Crippen molar-refractivity contribution in [2.45, 2.75) is 31.9 Å². The van der Waals surface area contributed by atoms with Crippen molar-refractivity contribution in [3.8, 4) is 0 Å². The van der Waals surface area contributed by atoms with Crippen molar-refractivity contribution in [3.63, 3.8) is 0 Å². The Kier molecular flexibility index (Phi) is 9.39. The normalized spacial score (nSPS) is 16.2. The SMILES string of the molecule is CNCCC1CCN(CCC(=O)Nc2cccc(C(F)(F)F)c2)CC1.Cl. The number of carbonyl (C=O) groups is 1. The lowest BCUT2D eigenvalue weighted by atomic mass is 9.93. The molecule has 1 fully saturated rings. The predicted octanol–water partition coefficient (Wildman–Crippen LogP) is 3.78. The average Bonchev–Trinajstić information content (AvgIpc) is 2.58. The van der Waals surface area contributed by atoms with Gasteiger partial charge in [0.25, 0.3) is 0 Å². The Morgan fingerprint density at radius 3 is 2.58 bits per heavy atom. The standard InChI is InChI=1S/C18H26F3N3O.ClH/c1-22-9-5-14-6-10-24(11-7-14)12-8-17(25)23-16-4-2-3-15(13-16)18(19,20)21;/h2-4,13-14,22H,5-12H2,1H3,(H,23,25);1H. The van der Waals surface area contributed by atoms with Gasteiger partial charge in [0.1, 0.15) is 0 Å². The molecule has 26 heavy (non-hydrogen) atoms. The highest BCUT2D eigenvalue weighted by Gasteiger charge is 2.30. The van der Waals surface area contributed by atoms with E-state index in [4.69, 9.17) is 0 Å². The summed E-state index contributed by atoms with van der Waals surface area (Å²) in [6.07, 6.45) is -0.663. The Labute approximate surface area is 158 Å². The van der Waals surface area contributed by atoms with Gasteiger partial charge in [-0.15, -0.1) is 12.4 Å². The molecule has 1 aromatic rings. The summed E-state index contributed by atoms with van der Waals surface area (Å²) in [4.78, 5) is 14.2. The third kappa shape index (κ3) is 7.51. The fraction of sp³-hybridized carbons (Fsp3) is 0.611. The number of nitrogens with one attached hydrogen (secondary N) is 2. The predicted molar refractivity (Wildman–Crippen MR) is 99.6 cm³/mol. The van der Waals surface area contributed by atoms with Crippen LogP contribution in [0, 0.1) is 5.92 Å². The van der Waals surface area contributed by atoms with Gasteiger partial charge < -0.3 is 15.5 Å². The Morgan fingerprint density at radius 2 is 1.96 bits per heavy atom. The number of hydrogen-bond acceptors (Lipinski definition) is 3. The minimum Gasteiger partial charge on any atom is -0.326 e. The molecule has 148 valence electrons. The van der Waals surface area contributed by atoms with Crippen molar-refractivity contribution in [1.29, 1.82) is 0 Å². The van der Waals surface area contributed by atoms with Gasteiger partial charge in [-0.1, -0.05) is 6.07 Å². The van der Waals surface area contributed by atoms with E-state index >= 15 is 0 Å². The molecule has 1 aliphatic rings. The summed E-state index contributed by atoms with van der Waals surface area (Å²) in [7, 11) is 1.96. The third-order valence-electron chi connectivity index (χ3n) is 4.64. The van der Waals surface area contributed by atoms with Gasteiger partial charge in [0.15, 0.2) is 0 Å². The quantitative estimate of drug-likeness (QED) is 0.741. The van der Waals surface area contributed by atoms with Crippen molar-refractivity contribution in [2.24, 2.45) is 5.92 Å². The van der Waals surface area contributed by atoms with Gasteiger partial charge in [-0.2, -0.15) is 13.2 Å². The molecular formula is C18H27ClF3N3O. The smallest absolute Gasteiger partial charge is 0.326 e. The molecule has 0 atom stereocenters. The minimum absolute atomic E-state index is 0. The minimum atomic E-state index is -4.40. The second-order valence-corrected chi connectivity index (χ2v) is 6.55. The highest BCUT2D eigenvalue weighted by molar-refractivity contribution is 5.90. The first-order valence-corrected chi connectivity index (χ1v) is 8.72. The molecule has 0 radical (unpaired) electrons. The number of benzene rings is 1. The van der Waals surface area contributed by atoms with Crippen LogP contribution in [0.1, 0.15) is 31.2 Å². The molecule has 0 aromatic heterocycles. The van der Waals surface area contributed by atoms with Gasteiger partial charge in [-0.3, -0.25) is 4.79 Å². The van der Waals surface area contributed by atoms with Gasteiger partial charge in [-0.05, 0) is 70.1 Å². The molecule has 1 aliphatic heterocycles. The molecule has 0 saturated carbocycles. The summed E-state index contributed by atoms with van der Waals surface area (Å²) in [5.74, 6) is 0.485. The average molecular weight is 394 g/mol. The number of rotatable bonds is 7. The number of anilines is 1. The molecule has 0 aliphatic carbocycles. The lowest BCUT2D eigenvalue weighted by Gasteiger charge is -2.31. The molecule has 1 aromatic carbocycles. The molecule has 1 heterocycles. The van der Waals surface area contributed by atoms with Crippen LogP contribution in [0.25, 0.3) is 0 Å². The molecule has 2 rings (SSSR count). The summed E-state index contributed by atoms with van der Waals surface area (Å²) in [6, 6.07) is 4.73. The van der Waals surface area contributed by atoms with Crippen molar-refractivity contribution < 1.29 is 18.0 Å². The van der Waals surface area contributed by atoms with Gasteiger partial charge in [0, 0.05) is 18.7 Å². The monoisotopic (exact) mass is 393 g/mol. The van der Waals surface area contributed by atoms with Crippen LogP contribution in [-0.4, -0.2) is 44.0 Å². The molecular weight excluding hydrogens is 367 g/mol. The molecule has 1 saturated heterocycles. The van der Waals surface area contributed by atoms with Crippen LogP contribution < -0.4 is 10.6 Å². The second kappa shape index (κ2) is 10.7. The van der Waals surface area contributed by atoms with E-state index in [0.717, 1.165) is 50.5 Å². The van der Waals surface area contributed by atoms with Gasteiger partial charge in [0.05, 0.1) is 5.56 Å². The number of halogens is 4. The molecule has 0 bridgehead atoms. The highest BCUT2D eigenvalue weighted by atomic mass is 35.5. The fourth-order valence-corrected chi connectivity index (χ4v) is 3.10. The summed E-state index contributed by atoms with van der Waals surface area (Å²) in [6.45, 7) is 3.63. The summed E-state index contributed by atoms with van der Waals surface area (Å²) >= 11 is 0. The first-order valence-electron chi connectivity index (χ1n) is 8.72. The van der Waals surface area contributed by atoms with Crippen molar-refractivity contribution in [2.75, 3.05) is 38.5 Å². The number of piperidine rings is 1. The van der Waals surface area contributed by atoms with E-state index < -0.39 is 11.7 Å². The first-order chi connectivity index (χ1) is 11.9. The van der Waals surface area contributed by atoms with Crippen LogP contribution in [-0.2, 0) is 11.0 Å². The Hall–Kier alpha value is -1.31. The second-order valence-electron chi connectivity index (χ2n) is 6.55. The third-order valence-corrected chi connectivity index (χ3v) is 4.64. The lowest BCUT2D eigenvalue weighted by molar-refractivity contribution is -0.137. The van der Waals surface area contributed by atoms with Crippen LogP contribution in [0.5, 0.6) is 0 Å². The number of likely N-dealkylation sites (tertiary alicyclic amines) is 1. The van der Waals surface area contributed by atoms with E-state index in [1.54, 1.807) is 0 Å². The van der Waals surface area contributed by atoms with E-state index in [-0.39, 0.29) is 30.4 Å². The summed E-state index contributed by atoms with van der Waals surface area (Å²) in [5, 5.41) is 5.72. The zero-order valence-corrected chi connectivity index (χ0v) is 15.8. The maximum atomic E-state index is 12.7. The van der Waals surface area contributed by atoms with Crippen molar-refractivity contribution >= 4 is 24.0 Å². The summed E-state index contributed by atoms with van der Waals surface area (Å²) in [5.41, 5.74) is -0.570. The molecule has 0 spiro atoms. The maximum Gasteiger partial charge on any atom is 0.416 e. The number of alkyl halides is 3. The molecule has 8 heteroatoms. The summed E-state index contributed by atoms with van der Waals surface area (Å²) < 4.78 is 38.0. The van der Waals surface area contributed by atoms with Crippen molar-refractivity contribution in [3.05, 3.63) is 29.8 Å². The highest BCUT2D eigenvalue weighted by Crippen LogP contribution is 2.30. The van der Waals surface area contributed by atoms with E-state index in [2.05, 4.69) is 15.5 Å². The number of carbonyl (C=O) groups excluding carboxylic acids is 1. The number of amides is 1. The Bertz CT molecular complexity index is 561. The van der Waals surface area contributed by atoms with Crippen LogP contribution in [0.2, 0.25) is 0 Å². The van der Waals surface area contributed by atoms with E-state index in [1.807, 2.05) is 7.05 Å².